The summed E-state index contributed by atoms with van der Waals surface area (Å²) >= 11 is 3.51. The molecule has 0 aliphatic heterocycles. The van der Waals surface area contributed by atoms with Gasteiger partial charge < -0.3 is 5.73 Å². The van der Waals surface area contributed by atoms with Crippen LogP contribution < -0.4 is 5.73 Å². The zero-order valence-electron chi connectivity index (χ0n) is 9.18. The number of nitrogens with two attached hydrogens (primary N) is 1. The summed E-state index contributed by atoms with van der Waals surface area (Å²) in [5, 5.41) is 7.98. The highest BCUT2D eigenvalue weighted by Crippen LogP contribution is 2.32. The number of nitrogen functional groups attached to an aromatic ring is 1. The predicted molar refractivity (Wildman–Crippen MR) is 68.0 cm³/mol. The van der Waals surface area contributed by atoms with Crippen molar-refractivity contribution in [3.05, 3.63) is 28.7 Å². The molecule has 84 valence electrons. The maximum atomic E-state index is 5.86. The highest BCUT2D eigenvalue weighted by molar-refractivity contribution is 9.10. The Kier molecular flexibility index (Phi) is 2.96. The summed E-state index contributed by atoms with van der Waals surface area (Å²) in [5.41, 5.74) is 7.74. The Labute approximate surface area is 103 Å². The molecule has 1 aromatic heterocycles. The van der Waals surface area contributed by atoms with Crippen molar-refractivity contribution >= 4 is 21.7 Å². The molecule has 1 heterocycles. The fourth-order valence-corrected chi connectivity index (χ4v) is 2.05. The average Bonchev–Trinajstić information content (AvgIpc) is 2.61. The summed E-state index contributed by atoms with van der Waals surface area (Å²) in [5.74, 6) is 0.459. The third-order valence-electron chi connectivity index (χ3n) is 2.34. The monoisotopic (exact) mass is 280 g/mol. The third kappa shape index (κ3) is 1.82. The van der Waals surface area contributed by atoms with Crippen molar-refractivity contribution < 1.29 is 0 Å². The zero-order chi connectivity index (χ0) is 11.7. The fraction of sp³-hybridized carbons (Fsp3) is 0.273. The highest BCUT2D eigenvalue weighted by Gasteiger charge is 2.16. The summed E-state index contributed by atoms with van der Waals surface area (Å²) in [6.07, 6.45) is 0. The quantitative estimate of drug-likeness (QED) is 0.920. The summed E-state index contributed by atoms with van der Waals surface area (Å²) in [6.45, 7) is 4.10. The molecule has 2 N–H and O–H groups in total. The van der Waals surface area contributed by atoms with Crippen LogP contribution in [0.5, 0.6) is 0 Å². The number of nitrogens with zero attached hydrogens (tertiary/aromatic N) is 3. The van der Waals surface area contributed by atoms with E-state index in [0.29, 0.717) is 5.82 Å². The van der Waals surface area contributed by atoms with Crippen molar-refractivity contribution in [1.29, 1.82) is 0 Å². The van der Waals surface area contributed by atoms with E-state index in [4.69, 9.17) is 5.73 Å². The molecular formula is C11H13BrN4. The van der Waals surface area contributed by atoms with E-state index in [2.05, 4.69) is 40.1 Å². The lowest BCUT2D eigenvalue weighted by atomic mass is 10.1. The molecule has 0 amide bonds. The number of hydrogen-bond acceptors (Lipinski definition) is 3. The molecule has 4 nitrogen and oxygen atoms in total. The first-order valence-electron chi connectivity index (χ1n) is 5.07. The van der Waals surface area contributed by atoms with Gasteiger partial charge in [-0.25, -0.2) is 4.68 Å². The first kappa shape index (κ1) is 11.1. The van der Waals surface area contributed by atoms with E-state index < -0.39 is 0 Å². The molecule has 0 saturated carbocycles. The van der Waals surface area contributed by atoms with Crippen LogP contribution in [0.1, 0.15) is 19.9 Å². The van der Waals surface area contributed by atoms with Gasteiger partial charge >= 0.3 is 0 Å². The molecule has 0 saturated heterocycles. The van der Waals surface area contributed by atoms with E-state index in [0.717, 1.165) is 15.7 Å². The molecule has 2 aromatic rings. The zero-order valence-corrected chi connectivity index (χ0v) is 10.8. The Balaban J connectivity index is 2.64. The second-order valence-corrected chi connectivity index (χ2v) is 4.70. The van der Waals surface area contributed by atoms with E-state index in [1.165, 1.54) is 0 Å². The van der Waals surface area contributed by atoms with Gasteiger partial charge in [-0.2, -0.15) is 0 Å². The second kappa shape index (κ2) is 4.25. The third-order valence-corrected chi connectivity index (χ3v) is 3.03. The lowest BCUT2D eigenvalue weighted by molar-refractivity contribution is 0.519. The van der Waals surface area contributed by atoms with Gasteiger partial charge in [-0.3, -0.25) is 0 Å². The topological polar surface area (TPSA) is 56.7 Å². The van der Waals surface area contributed by atoms with Gasteiger partial charge in [0.25, 0.3) is 0 Å². The van der Waals surface area contributed by atoms with Crippen LogP contribution in [-0.2, 0) is 0 Å². The van der Waals surface area contributed by atoms with E-state index >= 15 is 0 Å². The lowest BCUT2D eigenvalue weighted by Gasteiger charge is -2.11. The fourth-order valence-electron chi connectivity index (χ4n) is 1.58. The second-order valence-electron chi connectivity index (χ2n) is 3.84. The summed E-state index contributed by atoms with van der Waals surface area (Å²) in [4.78, 5) is 0. The molecular weight excluding hydrogens is 268 g/mol. The maximum absolute atomic E-state index is 5.86. The van der Waals surface area contributed by atoms with Crippen molar-refractivity contribution in [2.24, 2.45) is 0 Å². The molecule has 0 spiro atoms. The van der Waals surface area contributed by atoms with Gasteiger partial charge in [-0.05, 0) is 19.9 Å². The van der Waals surface area contributed by atoms with Crippen molar-refractivity contribution in [2.45, 2.75) is 19.9 Å². The van der Waals surface area contributed by atoms with Gasteiger partial charge in [0, 0.05) is 16.1 Å². The molecule has 1 aromatic carbocycles. The number of aromatic nitrogens is 3. The molecule has 0 aliphatic carbocycles. The van der Waals surface area contributed by atoms with Crippen LogP contribution in [0.3, 0.4) is 0 Å². The largest absolute Gasteiger partial charge is 0.380 e. The SMILES string of the molecule is CC(C)n1nnc(N)c1-c1ccccc1Br. The summed E-state index contributed by atoms with van der Waals surface area (Å²) in [6, 6.07) is 8.14. The Morgan fingerprint density at radius 1 is 1.31 bits per heavy atom. The van der Waals surface area contributed by atoms with Crippen LogP contribution in [0.4, 0.5) is 5.82 Å². The van der Waals surface area contributed by atoms with Crippen LogP contribution in [0.25, 0.3) is 11.3 Å². The molecule has 0 aliphatic rings. The van der Waals surface area contributed by atoms with E-state index in [-0.39, 0.29) is 6.04 Å². The Bertz CT molecular complexity index is 504. The van der Waals surface area contributed by atoms with Gasteiger partial charge in [0.05, 0.1) is 0 Å². The van der Waals surface area contributed by atoms with Gasteiger partial charge in [-0.1, -0.05) is 39.3 Å². The molecule has 0 bridgehead atoms. The smallest absolute Gasteiger partial charge is 0.174 e. The van der Waals surface area contributed by atoms with Crippen molar-refractivity contribution in [3.63, 3.8) is 0 Å². The van der Waals surface area contributed by atoms with Gasteiger partial charge in [0.1, 0.15) is 5.69 Å². The van der Waals surface area contributed by atoms with Crippen LogP contribution in [0.2, 0.25) is 0 Å². The van der Waals surface area contributed by atoms with Crippen LogP contribution in [-0.4, -0.2) is 15.0 Å². The number of benzene rings is 1. The minimum atomic E-state index is 0.229. The van der Waals surface area contributed by atoms with Crippen molar-refractivity contribution in [3.8, 4) is 11.3 Å². The van der Waals surface area contributed by atoms with Crippen LogP contribution in [0.15, 0.2) is 28.7 Å². The standard InChI is InChI=1S/C11H13BrN4/c1-7(2)16-10(11(13)14-15-16)8-5-3-4-6-9(8)12/h3-7H,13H2,1-2H3. The predicted octanol–water partition coefficient (Wildman–Crippen LogP) is 2.87. The lowest BCUT2D eigenvalue weighted by Crippen LogP contribution is -2.05. The maximum Gasteiger partial charge on any atom is 0.174 e. The minimum absolute atomic E-state index is 0.229. The molecule has 2 rings (SSSR count). The average molecular weight is 281 g/mol. The normalized spacial score (nSPS) is 11.0. The van der Waals surface area contributed by atoms with Crippen molar-refractivity contribution in [1.82, 2.24) is 15.0 Å². The van der Waals surface area contributed by atoms with E-state index in [9.17, 15) is 0 Å². The minimum Gasteiger partial charge on any atom is -0.380 e. The first-order chi connectivity index (χ1) is 7.61. The summed E-state index contributed by atoms with van der Waals surface area (Å²) < 4.78 is 2.82. The van der Waals surface area contributed by atoms with E-state index in [1.54, 1.807) is 0 Å². The Morgan fingerprint density at radius 2 is 2.00 bits per heavy atom. The number of rotatable bonds is 2. The van der Waals surface area contributed by atoms with Crippen molar-refractivity contribution in [2.75, 3.05) is 5.73 Å². The van der Waals surface area contributed by atoms with Crippen LogP contribution >= 0.6 is 15.9 Å². The molecule has 0 radical (unpaired) electrons. The number of hydrogen-bond donors (Lipinski definition) is 1. The van der Waals surface area contributed by atoms with Gasteiger partial charge in [-0.15, -0.1) is 5.10 Å². The molecule has 0 atom stereocenters. The molecule has 5 heteroatoms. The van der Waals surface area contributed by atoms with Gasteiger partial charge in [0.2, 0.25) is 0 Å². The van der Waals surface area contributed by atoms with Crippen LogP contribution in [0, 0.1) is 0 Å². The molecule has 16 heavy (non-hydrogen) atoms. The number of halogens is 1. The summed E-state index contributed by atoms with van der Waals surface area (Å²) in [7, 11) is 0. The van der Waals surface area contributed by atoms with Gasteiger partial charge in [0.15, 0.2) is 5.82 Å². The Morgan fingerprint density at radius 3 is 2.62 bits per heavy atom. The van der Waals surface area contributed by atoms with E-state index in [1.807, 2.05) is 28.9 Å². The number of anilines is 1. The first-order valence-corrected chi connectivity index (χ1v) is 5.86. The molecule has 0 unspecified atom stereocenters. The highest BCUT2D eigenvalue weighted by atomic mass is 79.9. The molecule has 0 fully saturated rings. The Hall–Kier alpha value is -1.36.